The van der Waals surface area contributed by atoms with Crippen LogP contribution in [0.1, 0.15) is 51.6 Å². The van der Waals surface area contributed by atoms with Gasteiger partial charge in [0, 0.05) is 16.8 Å². The quantitative estimate of drug-likeness (QED) is 0.182. The van der Waals surface area contributed by atoms with E-state index in [1.807, 2.05) is 6.07 Å². The van der Waals surface area contributed by atoms with Crippen LogP contribution >= 0.6 is 11.3 Å². The third-order valence-corrected chi connectivity index (χ3v) is 7.28. The van der Waals surface area contributed by atoms with Crippen molar-refractivity contribution in [3.8, 4) is 22.5 Å². The minimum Gasteiger partial charge on any atom is -0.300 e. The van der Waals surface area contributed by atoms with Gasteiger partial charge in [-0.25, -0.2) is 0 Å². The molecule has 5 rings (SSSR count). The first kappa shape index (κ1) is 25.5. The topological polar surface area (TPSA) is 25.8 Å². The van der Waals surface area contributed by atoms with Gasteiger partial charge < -0.3 is 9.97 Å². The molecule has 0 atom stereocenters. The number of aromatic nitrogens is 2. The Morgan fingerprint density at radius 2 is 1.40 bits per heavy atom. The molecule has 0 spiro atoms. The molecule has 3 aromatic heterocycles. The average Bonchev–Trinajstić information content (AvgIpc) is 3.28. The summed E-state index contributed by atoms with van der Waals surface area (Å²) in [6.07, 6.45) is 0. The number of hydrogen-bond acceptors (Lipinski definition) is 3. The second kappa shape index (κ2) is 9.80. The van der Waals surface area contributed by atoms with Gasteiger partial charge in [0.25, 0.3) is 0 Å². The van der Waals surface area contributed by atoms with Gasteiger partial charge in [-0.1, -0.05) is 73.3 Å². The van der Waals surface area contributed by atoms with Gasteiger partial charge in [0.05, 0.1) is 0 Å². The average molecular weight is 656 g/mol. The second-order valence-electron chi connectivity index (χ2n) is 10.3. The largest absolute Gasteiger partial charge is 2.00 e. The van der Waals surface area contributed by atoms with E-state index >= 15 is 0 Å². The summed E-state index contributed by atoms with van der Waals surface area (Å²) in [5, 5.41) is 4.65. The normalized spacial score (nSPS) is 11.9. The maximum Gasteiger partial charge on any atom is 2.00 e. The summed E-state index contributed by atoms with van der Waals surface area (Å²) in [7, 11) is 0. The summed E-state index contributed by atoms with van der Waals surface area (Å²) in [6.45, 7) is 11.1. The summed E-state index contributed by atoms with van der Waals surface area (Å²) < 4.78 is 1.23. The maximum atomic E-state index is 5.09. The summed E-state index contributed by atoms with van der Waals surface area (Å²) >= 11 is 1.64. The van der Waals surface area contributed by atoms with E-state index in [0.29, 0.717) is 0 Å². The van der Waals surface area contributed by atoms with E-state index in [1.165, 1.54) is 15.6 Å². The number of hydrogen-bond donors (Lipinski definition) is 0. The van der Waals surface area contributed by atoms with E-state index in [4.69, 9.17) is 9.97 Å². The Hall–Kier alpha value is -2.61. The zero-order valence-electron chi connectivity index (χ0n) is 20.6. The molecule has 4 heteroatoms. The molecule has 0 N–H and O–H groups in total. The summed E-state index contributed by atoms with van der Waals surface area (Å²) in [6, 6.07) is 30.6. The number of fused-ring (bicyclic) bond motifs is 1. The van der Waals surface area contributed by atoms with Gasteiger partial charge in [-0.3, -0.25) is 11.3 Å². The van der Waals surface area contributed by atoms with Crippen molar-refractivity contribution in [1.29, 1.82) is 0 Å². The molecule has 0 aliphatic rings. The van der Waals surface area contributed by atoms with Gasteiger partial charge >= 0.3 is 21.1 Å². The van der Waals surface area contributed by atoms with Crippen LogP contribution in [0.2, 0.25) is 0 Å². The molecule has 0 aliphatic heterocycles. The Kier molecular flexibility index (Phi) is 7.13. The predicted molar refractivity (Wildman–Crippen MR) is 143 cm³/mol. The Bertz CT molecular complexity index is 1480. The van der Waals surface area contributed by atoms with Gasteiger partial charge in [-0.05, 0) is 42.8 Å². The number of benzene rings is 2. The fourth-order valence-corrected chi connectivity index (χ4v) is 5.03. The molecule has 0 aliphatic carbocycles. The van der Waals surface area contributed by atoms with Crippen molar-refractivity contribution in [1.82, 2.24) is 9.97 Å². The van der Waals surface area contributed by atoms with E-state index in [1.54, 1.807) is 11.3 Å². The predicted octanol–water partition coefficient (Wildman–Crippen LogP) is 8.25. The molecule has 2 aromatic carbocycles. The Labute approximate surface area is 226 Å². The number of thiophene rings is 1. The number of pyridine rings is 2. The van der Waals surface area contributed by atoms with Crippen LogP contribution in [0.5, 0.6) is 0 Å². The van der Waals surface area contributed by atoms with Gasteiger partial charge in [-0.15, -0.1) is 52.4 Å². The summed E-state index contributed by atoms with van der Waals surface area (Å²) in [5.41, 5.74) is 6.94. The molecule has 0 unspecified atom stereocenters. The molecule has 0 saturated carbocycles. The summed E-state index contributed by atoms with van der Waals surface area (Å²) in [4.78, 5) is 10.2. The van der Waals surface area contributed by atoms with Crippen molar-refractivity contribution in [2.45, 2.75) is 45.4 Å². The van der Waals surface area contributed by atoms with Crippen molar-refractivity contribution in [2.24, 2.45) is 0 Å². The minimum absolute atomic E-state index is 0. The van der Waals surface area contributed by atoms with Crippen LogP contribution in [-0.4, -0.2) is 9.97 Å². The first-order valence-corrected chi connectivity index (χ1v) is 12.4. The molecule has 0 bridgehead atoms. The van der Waals surface area contributed by atoms with E-state index in [0.717, 1.165) is 33.9 Å². The minimum atomic E-state index is -0.362. The van der Waals surface area contributed by atoms with E-state index in [9.17, 15) is 0 Å². The Morgan fingerprint density at radius 1 is 0.743 bits per heavy atom. The molecule has 2 nitrogen and oxygen atoms in total. The van der Waals surface area contributed by atoms with Gasteiger partial charge in [-0.2, -0.15) is 0 Å². The maximum absolute atomic E-state index is 5.09. The van der Waals surface area contributed by atoms with Crippen molar-refractivity contribution in [2.75, 3.05) is 0 Å². The molecule has 35 heavy (non-hydrogen) atoms. The van der Waals surface area contributed by atoms with Crippen molar-refractivity contribution >= 4 is 21.4 Å². The number of nitrogens with zero attached hydrogens (tertiary/aromatic N) is 2. The van der Waals surface area contributed by atoms with Crippen LogP contribution in [0, 0.1) is 11.4 Å². The van der Waals surface area contributed by atoms with E-state index in [-0.39, 0.29) is 31.9 Å². The third kappa shape index (κ3) is 5.03. The van der Waals surface area contributed by atoms with E-state index < -0.39 is 0 Å². The SMILES string of the molecule is CC(C)(C)c1cc[c-]c(-c2cccc(C(C)(C)c3cccc(-c4[c-]sc5ccccc45)n3)n2)c1.[Pt+2]. The Balaban J connectivity index is 0.00000289. The first-order valence-electron chi connectivity index (χ1n) is 11.6. The van der Waals surface area contributed by atoms with Crippen LogP contribution in [0.15, 0.2) is 78.9 Å². The van der Waals surface area contributed by atoms with Crippen LogP contribution in [0.3, 0.4) is 0 Å². The summed E-state index contributed by atoms with van der Waals surface area (Å²) in [5.74, 6) is 0. The fraction of sp³-hybridized carbons (Fsp3) is 0.226. The zero-order chi connectivity index (χ0) is 23.9. The molecular formula is C31H28N2PtS. The monoisotopic (exact) mass is 655 g/mol. The van der Waals surface area contributed by atoms with Gasteiger partial charge in [0.1, 0.15) is 0 Å². The molecule has 0 fully saturated rings. The smallest absolute Gasteiger partial charge is 0.300 e. The molecule has 3 heterocycles. The molecule has 178 valence electrons. The fourth-order valence-electron chi connectivity index (χ4n) is 4.18. The second-order valence-corrected chi connectivity index (χ2v) is 11.1. The third-order valence-electron chi connectivity index (χ3n) is 6.40. The molecule has 0 saturated heterocycles. The zero-order valence-corrected chi connectivity index (χ0v) is 23.7. The van der Waals surface area contributed by atoms with E-state index in [2.05, 4.69) is 119 Å². The molecule has 5 aromatic rings. The van der Waals surface area contributed by atoms with Crippen molar-refractivity contribution < 1.29 is 21.1 Å². The van der Waals surface area contributed by atoms with Crippen LogP contribution in [0.25, 0.3) is 32.6 Å². The molecule has 0 radical (unpaired) electrons. The van der Waals surface area contributed by atoms with Crippen molar-refractivity contribution in [3.63, 3.8) is 0 Å². The van der Waals surface area contributed by atoms with Crippen LogP contribution < -0.4 is 0 Å². The van der Waals surface area contributed by atoms with Crippen LogP contribution in [0.4, 0.5) is 0 Å². The number of rotatable bonds is 4. The Morgan fingerprint density at radius 3 is 2.11 bits per heavy atom. The van der Waals surface area contributed by atoms with Gasteiger partial charge in [0.2, 0.25) is 0 Å². The van der Waals surface area contributed by atoms with Gasteiger partial charge in [0.15, 0.2) is 0 Å². The van der Waals surface area contributed by atoms with Crippen LogP contribution in [-0.2, 0) is 31.9 Å². The van der Waals surface area contributed by atoms with Crippen molar-refractivity contribution in [3.05, 3.63) is 107 Å². The molecule has 0 amide bonds. The molecular weight excluding hydrogens is 628 g/mol. The first-order chi connectivity index (χ1) is 16.2. The standard InChI is InChI=1S/C31H28N2S.Pt/c1-30(2,3)22-12-8-11-21(19-22)25-14-9-17-28(32-25)31(4,5)29-18-10-15-26(33-29)24-20-34-27-16-7-6-13-23(24)27;/h6-10,12-19H,1-5H3;/q-2;+2.